The summed E-state index contributed by atoms with van der Waals surface area (Å²) in [7, 11) is 0. The third-order valence-corrected chi connectivity index (χ3v) is 5.35. The van der Waals surface area contributed by atoms with Crippen LogP contribution in [0.15, 0.2) is 40.5 Å². The highest BCUT2D eigenvalue weighted by Gasteiger charge is 2.19. The van der Waals surface area contributed by atoms with Crippen molar-refractivity contribution in [3.8, 4) is 11.4 Å². The van der Waals surface area contributed by atoms with Crippen LogP contribution >= 0.6 is 11.3 Å². The topological polar surface area (TPSA) is 59.4 Å². The molecule has 26 heavy (non-hydrogen) atoms. The number of thiophene rings is 1. The number of fused-ring (bicyclic) bond motifs is 1. The van der Waals surface area contributed by atoms with Crippen LogP contribution in [0.4, 0.5) is 0 Å². The number of benzene rings is 1. The Balaban J connectivity index is 1.87. The summed E-state index contributed by atoms with van der Waals surface area (Å²) in [6.45, 7) is 6.96. The molecular formula is C19H22N4O2S. The second-order valence-corrected chi connectivity index (χ2v) is 7.13. The van der Waals surface area contributed by atoms with Gasteiger partial charge < -0.3 is 10.1 Å². The summed E-state index contributed by atoms with van der Waals surface area (Å²) < 4.78 is 7.50. The van der Waals surface area contributed by atoms with E-state index in [1.807, 2.05) is 42.6 Å². The Morgan fingerprint density at radius 2 is 2.04 bits per heavy atom. The van der Waals surface area contributed by atoms with Crippen molar-refractivity contribution < 1.29 is 4.74 Å². The molecule has 0 atom stereocenters. The van der Waals surface area contributed by atoms with Gasteiger partial charge in [0.05, 0.1) is 24.2 Å². The molecule has 6 nitrogen and oxygen atoms in total. The molecular weight excluding hydrogens is 348 g/mol. The van der Waals surface area contributed by atoms with E-state index in [1.165, 1.54) is 11.3 Å². The molecule has 0 bridgehead atoms. The fourth-order valence-corrected chi connectivity index (χ4v) is 4.07. The zero-order valence-corrected chi connectivity index (χ0v) is 15.6. The summed E-state index contributed by atoms with van der Waals surface area (Å²) in [5, 5.41) is 5.94. The molecule has 4 rings (SSSR count). The molecule has 136 valence electrons. The maximum Gasteiger partial charge on any atom is 0.267 e. The minimum atomic E-state index is -0.0338. The minimum Gasteiger partial charge on any atom is -0.492 e. The van der Waals surface area contributed by atoms with Crippen LogP contribution < -0.4 is 15.6 Å². The first-order valence-electron chi connectivity index (χ1n) is 8.92. The maximum atomic E-state index is 13.3. The highest BCUT2D eigenvalue weighted by molar-refractivity contribution is 7.16. The molecule has 7 heteroatoms. The van der Waals surface area contributed by atoms with Gasteiger partial charge in [0.15, 0.2) is 0 Å². The molecule has 0 unspecified atom stereocenters. The smallest absolute Gasteiger partial charge is 0.267 e. The summed E-state index contributed by atoms with van der Waals surface area (Å²) in [5.74, 6) is 1.47. The number of aromatic nitrogens is 2. The molecule has 0 radical (unpaired) electrons. The lowest BCUT2D eigenvalue weighted by Crippen LogP contribution is -2.43. The summed E-state index contributed by atoms with van der Waals surface area (Å²) in [6.07, 6.45) is 0. The molecule has 1 aromatic carbocycles. The van der Waals surface area contributed by atoms with Crippen molar-refractivity contribution in [3.05, 3.63) is 51.9 Å². The third-order valence-electron chi connectivity index (χ3n) is 4.55. The largest absolute Gasteiger partial charge is 0.492 e. The first kappa shape index (κ1) is 17.2. The Kier molecular flexibility index (Phi) is 5.01. The van der Waals surface area contributed by atoms with Gasteiger partial charge in [0.1, 0.15) is 16.4 Å². The van der Waals surface area contributed by atoms with Crippen molar-refractivity contribution in [2.75, 3.05) is 32.8 Å². The van der Waals surface area contributed by atoms with Gasteiger partial charge in [-0.2, -0.15) is 0 Å². The maximum absolute atomic E-state index is 13.3. The van der Waals surface area contributed by atoms with Gasteiger partial charge in [-0.3, -0.25) is 14.3 Å². The quantitative estimate of drug-likeness (QED) is 0.747. The molecule has 1 aliphatic rings. The molecule has 2 aromatic heterocycles. The van der Waals surface area contributed by atoms with Gasteiger partial charge in [-0.15, -0.1) is 11.3 Å². The van der Waals surface area contributed by atoms with Crippen molar-refractivity contribution in [1.29, 1.82) is 0 Å². The van der Waals surface area contributed by atoms with E-state index in [4.69, 9.17) is 9.72 Å². The zero-order valence-electron chi connectivity index (χ0n) is 14.8. The van der Waals surface area contributed by atoms with E-state index >= 15 is 0 Å². The average molecular weight is 370 g/mol. The number of nitrogens with one attached hydrogen (secondary N) is 1. The van der Waals surface area contributed by atoms with Gasteiger partial charge >= 0.3 is 0 Å². The minimum absolute atomic E-state index is 0.0338. The molecule has 1 N–H and O–H groups in total. The van der Waals surface area contributed by atoms with Crippen LogP contribution in [0.2, 0.25) is 0 Å². The molecule has 1 aliphatic heterocycles. The summed E-state index contributed by atoms with van der Waals surface area (Å²) >= 11 is 1.51. The van der Waals surface area contributed by atoms with Crippen LogP contribution in [0.3, 0.4) is 0 Å². The normalized spacial score (nSPS) is 15.4. The number of hydrogen-bond acceptors (Lipinski definition) is 6. The van der Waals surface area contributed by atoms with Crippen LogP contribution in [0, 0.1) is 0 Å². The Morgan fingerprint density at radius 3 is 2.85 bits per heavy atom. The summed E-state index contributed by atoms with van der Waals surface area (Å²) in [5.41, 5.74) is 0.721. The SMILES string of the molecule is CCOc1ccccc1-n1c(CN2CCNCC2)nc2sccc2c1=O. The number of nitrogens with zero attached hydrogens (tertiary/aromatic N) is 3. The first-order valence-corrected chi connectivity index (χ1v) is 9.80. The highest BCUT2D eigenvalue weighted by atomic mass is 32.1. The number of para-hydroxylation sites is 2. The molecule has 1 fully saturated rings. The van der Waals surface area contributed by atoms with Gasteiger partial charge in [-0.25, -0.2) is 4.98 Å². The van der Waals surface area contributed by atoms with E-state index in [9.17, 15) is 4.79 Å². The highest BCUT2D eigenvalue weighted by Crippen LogP contribution is 2.25. The van der Waals surface area contributed by atoms with Crippen LogP contribution in [-0.2, 0) is 6.54 Å². The van der Waals surface area contributed by atoms with E-state index < -0.39 is 0 Å². The van der Waals surface area contributed by atoms with Gasteiger partial charge in [0.2, 0.25) is 0 Å². The fraction of sp³-hybridized carbons (Fsp3) is 0.368. The Morgan fingerprint density at radius 1 is 1.23 bits per heavy atom. The zero-order chi connectivity index (χ0) is 17.9. The second kappa shape index (κ2) is 7.57. The van der Waals surface area contributed by atoms with Crippen molar-refractivity contribution in [3.63, 3.8) is 0 Å². The van der Waals surface area contributed by atoms with Crippen LogP contribution in [0.25, 0.3) is 15.9 Å². The van der Waals surface area contributed by atoms with Crippen molar-refractivity contribution >= 4 is 21.6 Å². The molecule has 0 spiro atoms. The third kappa shape index (κ3) is 3.25. The van der Waals surface area contributed by atoms with Gasteiger partial charge in [-0.1, -0.05) is 12.1 Å². The Hall–Kier alpha value is -2.22. The standard InChI is InChI=1S/C19H22N4O2S/c1-2-25-16-6-4-3-5-15(16)23-17(13-22-10-8-20-9-11-22)21-18-14(19(23)24)7-12-26-18/h3-7,12,20H,2,8-11,13H2,1H3. The predicted molar refractivity (Wildman–Crippen MR) is 105 cm³/mol. The molecule has 0 aliphatic carbocycles. The number of piperazine rings is 1. The summed E-state index contributed by atoms with van der Waals surface area (Å²) in [4.78, 5) is 21.2. The predicted octanol–water partition coefficient (Wildman–Crippen LogP) is 2.25. The lowest BCUT2D eigenvalue weighted by atomic mass is 10.2. The van der Waals surface area contributed by atoms with Crippen molar-refractivity contribution in [2.24, 2.45) is 0 Å². The van der Waals surface area contributed by atoms with Crippen molar-refractivity contribution in [1.82, 2.24) is 19.8 Å². The van der Waals surface area contributed by atoms with E-state index in [0.717, 1.165) is 42.5 Å². The lowest BCUT2D eigenvalue weighted by molar-refractivity contribution is 0.226. The monoisotopic (exact) mass is 370 g/mol. The van der Waals surface area contributed by atoms with Crippen LogP contribution in [0.1, 0.15) is 12.7 Å². The van der Waals surface area contributed by atoms with E-state index in [2.05, 4.69) is 10.2 Å². The van der Waals surface area contributed by atoms with E-state index in [1.54, 1.807) is 4.57 Å². The second-order valence-electron chi connectivity index (χ2n) is 6.23. The average Bonchev–Trinajstić information content (AvgIpc) is 3.13. The van der Waals surface area contributed by atoms with Gasteiger partial charge in [0, 0.05) is 26.2 Å². The fourth-order valence-electron chi connectivity index (χ4n) is 3.30. The molecule has 1 saturated heterocycles. The number of hydrogen-bond donors (Lipinski definition) is 1. The van der Waals surface area contributed by atoms with Gasteiger partial charge in [-0.05, 0) is 30.5 Å². The van der Waals surface area contributed by atoms with Gasteiger partial charge in [0.25, 0.3) is 5.56 Å². The van der Waals surface area contributed by atoms with Crippen molar-refractivity contribution in [2.45, 2.75) is 13.5 Å². The molecule has 0 saturated carbocycles. The van der Waals surface area contributed by atoms with E-state index in [0.29, 0.717) is 24.3 Å². The first-order chi connectivity index (χ1) is 12.8. The Bertz CT molecular complexity index is 960. The Labute approximate surface area is 156 Å². The van der Waals surface area contributed by atoms with Crippen LogP contribution in [-0.4, -0.2) is 47.2 Å². The number of ether oxygens (including phenoxy) is 1. The van der Waals surface area contributed by atoms with Crippen LogP contribution in [0.5, 0.6) is 5.75 Å². The molecule has 3 heterocycles. The van der Waals surface area contributed by atoms with E-state index in [-0.39, 0.29) is 5.56 Å². The number of rotatable bonds is 5. The summed E-state index contributed by atoms with van der Waals surface area (Å²) in [6, 6.07) is 9.53. The molecule has 0 amide bonds. The lowest BCUT2D eigenvalue weighted by Gasteiger charge is -2.27. The molecule has 3 aromatic rings.